The number of hydrogen-bond acceptors (Lipinski definition) is 4. The number of nitrogens with two attached hydrogens (primary N) is 1. The maximum Gasteiger partial charge on any atom is 0.196 e. The van der Waals surface area contributed by atoms with Crippen LogP contribution in [0.3, 0.4) is 0 Å². The van der Waals surface area contributed by atoms with E-state index in [2.05, 4.69) is 28.9 Å². The minimum absolute atomic E-state index is 0.0867. The lowest BCUT2D eigenvalue weighted by atomic mass is 9.88. The van der Waals surface area contributed by atoms with Gasteiger partial charge < -0.3 is 15.4 Å². The summed E-state index contributed by atoms with van der Waals surface area (Å²) in [6.07, 6.45) is 6.18. The van der Waals surface area contributed by atoms with Crippen molar-refractivity contribution in [2.75, 3.05) is 18.6 Å². The molecule has 1 aliphatic carbocycles. The molecule has 4 nitrogen and oxygen atoms in total. The highest BCUT2D eigenvalue weighted by Gasteiger charge is 2.43. The van der Waals surface area contributed by atoms with Gasteiger partial charge in [0.25, 0.3) is 0 Å². The van der Waals surface area contributed by atoms with Crippen molar-refractivity contribution in [3.8, 4) is 5.75 Å². The summed E-state index contributed by atoms with van der Waals surface area (Å²) in [7, 11) is 1.69. The van der Waals surface area contributed by atoms with E-state index < -0.39 is 0 Å². The molecule has 0 radical (unpaired) electrons. The van der Waals surface area contributed by atoms with Crippen LogP contribution in [0.15, 0.2) is 29.3 Å². The van der Waals surface area contributed by atoms with E-state index in [1.807, 2.05) is 12.1 Å². The molecule has 114 valence electrons. The quantitative estimate of drug-likeness (QED) is 0.909. The molecule has 1 fully saturated rings. The average Bonchev–Trinajstić information content (AvgIpc) is 2.70. The Hall–Kier alpha value is -1.71. The third-order valence-electron chi connectivity index (χ3n) is 5.01. The van der Waals surface area contributed by atoms with Crippen molar-refractivity contribution in [3.63, 3.8) is 0 Å². The van der Waals surface area contributed by atoms with Crippen LogP contribution in [-0.4, -0.2) is 25.2 Å². The predicted octanol–water partition coefficient (Wildman–Crippen LogP) is 3.17. The molecule has 0 amide bonds. The minimum atomic E-state index is 0.0867. The highest BCUT2D eigenvalue weighted by atomic mass is 16.5. The first-order chi connectivity index (χ1) is 10.1. The van der Waals surface area contributed by atoms with E-state index in [0.29, 0.717) is 5.96 Å². The number of guanidine groups is 1. The fourth-order valence-electron chi connectivity index (χ4n) is 3.70. The normalized spacial score (nSPS) is 29.3. The van der Waals surface area contributed by atoms with Crippen molar-refractivity contribution in [2.24, 2.45) is 16.6 Å². The van der Waals surface area contributed by atoms with Gasteiger partial charge in [0.2, 0.25) is 0 Å². The van der Waals surface area contributed by atoms with Crippen molar-refractivity contribution in [3.05, 3.63) is 24.3 Å². The van der Waals surface area contributed by atoms with Crippen molar-refractivity contribution < 1.29 is 4.74 Å². The van der Waals surface area contributed by atoms with E-state index in [4.69, 9.17) is 10.5 Å². The molecule has 2 unspecified atom stereocenters. The Kier molecular flexibility index (Phi) is 3.79. The maximum atomic E-state index is 6.22. The molecule has 0 bridgehead atoms. The Balaban J connectivity index is 1.90. The van der Waals surface area contributed by atoms with Crippen LogP contribution < -0.4 is 15.4 Å². The van der Waals surface area contributed by atoms with Crippen molar-refractivity contribution in [1.82, 2.24) is 0 Å². The second kappa shape index (κ2) is 5.58. The van der Waals surface area contributed by atoms with E-state index in [-0.39, 0.29) is 5.54 Å². The Morgan fingerprint density at radius 1 is 1.24 bits per heavy atom. The molecular weight excluding hydrogens is 262 g/mol. The second-order valence-corrected chi connectivity index (χ2v) is 6.47. The first-order valence-electron chi connectivity index (χ1n) is 7.89. The van der Waals surface area contributed by atoms with Gasteiger partial charge in [0.15, 0.2) is 5.96 Å². The average molecular weight is 287 g/mol. The number of benzene rings is 1. The summed E-state index contributed by atoms with van der Waals surface area (Å²) in [5, 5.41) is 0. The number of hydrogen-bond donors (Lipinski definition) is 1. The predicted molar refractivity (Wildman–Crippen MR) is 86.9 cm³/mol. The number of aliphatic imine (C=N–C) groups is 1. The monoisotopic (exact) mass is 287 g/mol. The molecule has 1 aromatic carbocycles. The lowest BCUT2D eigenvalue weighted by Crippen LogP contribution is -2.51. The van der Waals surface area contributed by atoms with Crippen LogP contribution in [0.4, 0.5) is 5.69 Å². The zero-order valence-electron chi connectivity index (χ0n) is 13.0. The standard InChI is InChI=1S/C17H25N3O/c1-13-4-3-10-17(11-9-13)12-19-16(18)20(17)14-5-7-15(21-2)8-6-14/h5-8,13H,3-4,9-12H2,1-2H3,(H2,18,19). The Morgan fingerprint density at radius 3 is 2.71 bits per heavy atom. The molecule has 2 atom stereocenters. The summed E-state index contributed by atoms with van der Waals surface area (Å²) in [6, 6.07) is 8.16. The van der Waals surface area contributed by atoms with Crippen LogP contribution in [-0.2, 0) is 0 Å². The van der Waals surface area contributed by atoms with Crippen LogP contribution >= 0.6 is 0 Å². The molecular formula is C17H25N3O. The van der Waals surface area contributed by atoms with Crippen molar-refractivity contribution in [1.29, 1.82) is 0 Å². The van der Waals surface area contributed by atoms with Crippen LogP contribution in [0, 0.1) is 5.92 Å². The van der Waals surface area contributed by atoms with E-state index in [9.17, 15) is 0 Å². The Labute approximate surface area is 127 Å². The van der Waals surface area contributed by atoms with E-state index in [1.54, 1.807) is 7.11 Å². The molecule has 0 aromatic heterocycles. The number of ether oxygens (including phenoxy) is 1. The molecule has 1 spiro atoms. The Morgan fingerprint density at radius 2 is 2.00 bits per heavy atom. The fraction of sp³-hybridized carbons (Fsp3) is 0.588. The molecule has 1 aromatic rings. The van der Waals surface area contributed by atoms with Crippen molar-refractivity contribution >= 4 is 11.6 Å². The SMILES string of the molecule is COc1ccc(N2C(N)=NCC23CCCC(C)CC3)cc1. The zero-order valence-corrected chi connectivity index (χ0v) is 13.0. The molecule has 21 heavy (non-hydrogen) atoms. The molecule has 3 rings (SSSR count). The van der Waals surface area contributed by atoms with Gasteiger partial charge in [0.05, 0.1) is 19.2 Å². The highest BCUT2D eigenvalue weighted by molar-refractivity contribution is 5.98. The summed E-state index contributed by atoms with van der Waals surface area (Å²) < 4.78 is 5.25. The molecule has 1 saturated carbocycles. The van der Waals surface area contributed by atoms with E-state index in [0.717, 1.165) is 23.9 Å². The molecule has 4 heteroatoms. The van der Waals surface area contributed by atoms with Crippen LogP contribution in [0.1, 0.15) is 39.0 Å². The van der Waals surface area contributed by atoms with Gasteiger partial charge in [-0.1, -0.05) is 19.8 Å². The molecule has 0 saturated heterocycles. The minimum Gasteiger partial charge on any atom is -0.497 e. The highest BCUT2D eigenvalue weighted by Crippen LogP contribution is 2.40. The summed E-state index contributed by atoms with van der Waals surface area (Å²) in [5.41, 5.74) is 7.43. The lowest BCUT2D eigenvalue weighted by molar-refractivity contribution is 0.391. The third kappa shape index (κ3) is 2.59. The van der Waals surface area contributed by atoms with Crippen LogP contribution in [0.25, 0.3) is 0 Å². The molecule has 2 aliphatic rings. The number of nitrogens with zero attached hydrogens (tertiary/aromatic N) is 2. The Bertz CT molecular complexity index is 525. The number of anilines is 1. The largest absolute Gasteiger partial charge is 0.497 e. The van der Waals surface area contributed by atoms with E-state index in [1.165, 1.54) is 32.1 Å². The summed E-state index contributed by atoms with van der Waals surface area (Å²) >= 11 is 0. The maximum absolute atomic E-state index is 6.22. The van der Waals surface area contributed by atoms with Crippen LogP contribution in [0.2, 0.25) is 0 Å². The first-order valence-corrected chi connectivity index (χ1v) is 7.89. The van der Waals surface area contributed by atoms with Gasteiger partial charge in [-0.15, -0.1) is 0 Å². The summed E-state index contributed by atoms with van der Waals surface area (Å²) in [5.74, 6) is 2.34. The topological polar surface area (TPSA) is 50.9 Å². The van der Waals surface area contributed by atoms with Crippen LogP contribution in [0.5, 0.6) is 5.75 Å². The lowest BCUT2D eigenvalue weighted by Gasteiger charge is -2.39. The fourth-order valence-corrected chi connectivity index (χ4v) is 3.70. The van der Waals surface area contributed by atoms with Gasteiger partial charge in [0, 0.05) is 5.69 Å². The third-order valence-corrected chi connectivity index (χ3v) is 5.01. The van der Waals surface area contributed by atoms with Gasteiger partial charge in [0.1, 0.15) is 5.75 Å². The van der Waals surface area contributed by atoms with E-state index >= 15 is 0 Å². The number of methoxy groups -OCH3 is 1. The number of rotatable bonds is 2. The first kappa shape index (κ1) is 14.2. The molecule has 1 aliphatic heterocycles. The second-order valence-electron chi connectivity index (χ2n) is 6.47. The van der Waals surface area contributed by atoms with Gasteiger partial charge in [-0.05, 0) is 49.4 Å². The zero-order chi connectivity index (χ0) is 14.9. The van der Waals surface area contributed by atoms with Gasteiger partial charge >= 0.3 is 0 Å². The summed E-state index contributed by atoms with van der Waals surface area (Å²) in [6.45, 7) is 3.19. The smallest absolute Gasteiger partial charge is 0.196 e. The molecule has 2 N–H and O–H groups in total. The van der Waals surface area contributed by atoms with Crippen molar-refractivity contribution in [2.45, 2.75) is 44.6 Å². The van der Waals surface area contributed by atoms with Gasteiger partial charge in [-0.25, -0.2) is 0 Å². The van der Waals surface area contributed by atoms with Gasteiger partial charge in [-0.2, -0.15) is 0 Å². The molecule has 1 heterocycles. The summed E-state index contributed by atoms with van der Waals surface area (Å²) in [4.78, 5) is 6.84. The van der Waals surface area contributed by atoms with Gasteiger partial charge in [-0.3, -0.25) is 4.99 Å².